The van der Waals surface area contributed by atoms with Crippen LogP contribution in [-0.2, 0) is 6.42 Å². The first-order chi connectivity index (χ1) is 8.08. The van der Waals surface area contributed by atoms with Crippen molar-refractivity contribution in [2.75, 3.05) is 5.73 Å². The van der Waals surface area contributed by atoms with Crippen LogP contribution in [0.25, 0.3) is 11.1 Å². The van der Waals surface area contributed by atoms with Crippen LogP contribution in [0.5, 0.6) is 0 Å². The lowest BCUT2D eigenvalue weighted by Gasteiger charge is -2.06. The summed E-state index contributed by atoms with van der Waals surface area (Å²) in [7, 11) is 0. The number of aromatic amines is 1. The molecule has 2 rings (SSSR count). The molecule has 0 atom stereocenters. The smallest absolute Gasteiger partial charge is 0.153 e. The average molecular weight is 294 g/mol. The summed E-state index contributed by atoms with van der Waals surface area (Å²) >= 11 is 3.43. The highest BCUT2D eigenvalue weighted by Crippen LogP contribution is 2.30. The Hall–Kier alpha value is -1.29. The number of hydrogen-bond donors (Lipinski definition) is 2. The molecule has 3 nitrogen and oxygen atoms in total. The third-order valence-corrected chi connectivity index (χ3v) is 3.14. The van der Waals surface area contributed by atoms with E-state index in [-0.39, 0.29) is 0 Å². The zero-order valence-corrected chi connectivity index (χ0v) is 11.6. The number of rotatable bonds is 3. The van der Waals surface area contributed by atoms with Gasteiger partial charge in [-0.2, -0.15) is 5.10 Å². The van der Waals surface area contributed by atoms with E-state index in [4.69, 9.17) is 5.73 Å². The van der Waals surface area contributed by atoms with Crippen molar-refractivity contribution in [3.63, 3.8) is 0 Å². The Morgan fingerprint density at radius 3 is 2.53 bits per heavy atom. The van der Waals surface area contributed by atoms with Crippen molar-refractivity contribution in [1.82, 2.24) is 10.2 Å². The van der Waals surface area contributed by atoms with Crippen LogP contribution in [-0.4, -0.2) is 10.2 Å². The quantitative estimate of drug-likeness (QED) is 0.908. The van der Waals surface area contributed by atoms with Gasteiger partial charge in [0.2, 0.25) is 0 Å². The maximum absolute atomic E-state index is 5.93. The fraction of sp³-hybridized carbons (Fsp3) is 0.308. The minimum Gasteiger partial charge on any atom is -0.382 e. The van der Waals surface area contributed by atoms with Gasteiger partial charge in [0.25, 0.3) is 0 Å². The van der Waals surface area contributed by atoms with Gasteiger partial charge < -0.3 is 5.73 Å². The Morgan fingerprint density at radius 2 is 1.94 bits per heavy atom. The third kappa shape index (κ3) is 2.69. The largest absolute Gasteiger partial charge is 0.382 e. The lowest BCUT2D eigenvalue weighted by Crippen LogP contribution is -1.97. The molecule has 0 saturated carbocycles. The second kappa shape index (κ2) is 4.92. The molecule has 0 unspecified atom stereocenters. The molecule has 0 aliphatic rings. The van der Waals surface area contributed by atoms with Crippen molar-refractivity contribution < 1.29 is 0 Å². The molecule has 3 N–H and O–H groups in total. The molecule has 0 spiro atoms. The molecule has 0 bridgehead atoms. The van der Waals surface area contributed by atoms with Crippen LogP contribution in [0, 0.1) is 5.92 Å². The van der Waals surface area contributed by atoms with Crippen molar-refractivity contribution in [2.45, 2.75) is 20.3 Å². The van der Waals surface area contributed by atoms with Crippen LogP contribution in [0.4, 0.5) is 5.82 Å². The molecule has 0 amide bonds. The summed E-state index contributed by atoms with van der Waals surface area (Å²) in [5, 5.41) is 7.14. The minimum atomic E-state index is 0.572. The van der Waals surface area contributed by atoms with Gasteiger partial charge in [-0.25, -0.2) is 0 Å². The van der Waals surface area contributed by atoms with E-state index in [9.17, 15) is 0 Å². The van der Waals surface area contributed by atoms with Gasteiger partial charge in [-0.15, -0.1) is 0 Å². The average Bonchev–Trinajstić information content (AvgIpc) is 2.61. The predicted molar refractivity (Wildman–Crippen MR) is 74.7 cm³/mol. The van der Waals surface area contributed by atoms with E-state index in [1.165, 1.54) is 0 Å². The highest BCUT2D eigenvalue weighted by molar-refractivity contribution is 9.10. The van der Waals surface area contributed by atoms with Crippen LogP contribution in [0.3, 0.4) is 0 Å². The maximum atomic E-state index is 5.93. The zero-order chi connectivity index (χ0) is 12.4. The van der Waals surface area contributed by atoms with Gasteiger partial charge in [0.15, 0.2) is 5.82 Å². The minimum absolute atomic E-state index is 0.572. The molecule has 0 fully saturated rings. The first kappa shape index (κ1) is 12.2. The molecule has 0 aliphatic carbocycles. The normalized spacial score (nSPS) is 11.1. The van der Waals surface area contributed by atoms with Crippen LogP contribution in [0.15, 0.2) is 28.7 Å². The number of hydrogen-bond acceptors (Lipinski definition) is 2. The van der Waals surface area contributed by atoms with E-state index in [2.05, 4.69) is 52.1 Å². The SMILES string of the molecule is CC(C)Cc1[nH]nc(N)c1-c1ccc(Br)cc1. The summed E-state index contributed by atoms with van der Waals surface area (Å²) in [5.74, 6) is 1.15. The second-order valence-corrected chi connectivity index (χ2v) is 5.48. The molecule has 1 heterocycles. The number of aromatic nitrogens is 2. The van der Waals surface area contributed by atoms with Crippen LogP contribution in [0.2, 0.25) is 0 Å². The van der Waals surface area contributed by atoms with Crippen molar-refractivity contribution >= 4 is 21.7 Å². The summed E-state index contributed by atoms with van der Waals surface area (Å²) in [5.41, 5.74) is 9.18. The number of benzene rings is 1. The molecule has 1 aromatic heterocycles. The van der Waals surface area contributed by atoms with Crippen LogP contribution in [0.1, 0.15) is 19.5 Å². The van der Waals surface area contributed by atoms with Crippen LogP contribution < -0.4 is 5.73 Å². The lowest BCUT2D eigenvalue weighted by atomic mass is 10.00. The molecular formula is C13H16BrN3. The Labute approximate surface area is 110 Å². The monoisotopic (exact) mass is 293 g/mol. The topological polar surface area (TPSA) is 54.7 Å². The number of nitrogens with one attached hydrogen (secondary N) is 1. The summed E-state index contributed by atoms with van der Waals surface area (Å²) in [6.07, 6.45) is 0.954. The van der Waals surface area contributed by atoms with E-state index in [1.54, 1.807) is 0 Å². The van der Waals surface area contributed by atoms with E-state index in [0.717, 1.165) is 27.7 Å². The maximum Gasteiger partial charge on any atom is 0.153 e. The zero-order valence-electron chi connectivity index (χ0n) is 10.00. The highest BCUT2D eigenvalue weighted by Gasteiger charge is 2.13. The van der Waals surface area contributed by atoms with Gasteiger partial charge in [0.1, 0.15) is 0 Å². The van der Waals surface area contributed by atoms with Crippen molar-refractivity contribution in [2.24, 2.45) is 5.92 Å². The summed E-state index contributed by atoms with van der Waals surface area (Å²) in [6, 6.07) is 8.13. The summed E-state index contributed by atoms with van der Waals surface area (Å²) in [4.78, 5) is 0. The Bertz CT molecular complexity index is 500. The highest BCUT2D eigenvalue weighted by atomic mass is 79.9. The van der Waals surface area contributed by atoms with E-state index >= 15 is 0 Å². The standard InChI is InChI=1S/C13H16BrN3/c1-8(2)7-11-12(13(15)17-16-11)9-3-5-10(14)6-4-9/h3-6,8H,7H2,1-2H3,(H3,15,16,17). The van der Waals surface area contributed by atoms with Crippen molar-refractivity contribution in [3.8, 4) is 11.1 Å². The predicted octanol–water partition coefficient (Wildman–Crippen LogP) is 3.62. The molecule has 0 aliphatic heterocycles. The molecule has 0 saturated heterocycles. The molecule has 17 heavy (non-hydrogen) atoms. The van der Waals surface area contributed by atoms with Crippen molar-refractivity contribution in [3.05, 3.63) is 34.4 Å². The van der Waals surface area contributed by atoms with Gasteiger partial charge in [0.05, 0.1) is 0 Å². The van der Waals surface area contributed by atoms with Gasteiger partial charge in [-0.3, -0.25) is 5.10 Å². The van der Waals surface area contributed by atoms with Gasteiger partial charge in [0, 0.05) is 15.7 Å². The van der Waals surface area contributed by atoms with Crippen LogP contribution >= 0.6 is 15.9 Å². The molecule has 1 aromatic carbocycles. The number of nitrogens with zero attached hydrogens (tertiary/aromatic N) is 1. The third-order valence-electron chi connectivity index (χ3n) is 2.61. The number of anilines is 1. The first-order valence-electron chi connectivity index (χ1n) is 5.66. The fourth-order valence-corrected chi connectivity index (χ4v) is 2.15. The molecule has 4 heteroatoms. The first-order valence-corrected chi connectivity index (χ1v) is 6.46. The number of halogens is 1. The summed E-state index contributed by atoms with van der Waals surface area (Å²) < 4.78 is 1.06. The Kier molecular flexibility index (Phi) is 3.52. The fourth-order valence-electron chi connectivity index (χ4n) is 1.89. The molecule has 90 valence electrons. The Balaban J connectivity index is 2.43. The lowest BCUT2D eigenvalue weighted by molar-refractivity contribution is 0.634. The molecular weight excluding hydrogens is 278 g/mol. The number of H-pyrrole nitrogens is 1. The molecule has 0 radical (unpaired) electrons. The van der Waals surface area contributed by atoms with Crippen molar-refractivity contribution in [1.29, 1.82) is 0 Å². The van der Waals surface area contributed by atoms with E-state index in [1.807, 2.05) is 12.1 Å². The number of nitrogen functional groups attached to an aromatic ring is 1. The Morgan fingerprint density at radius 1 is 1.29 bits per heavy atom. The molecule has 2 aromatic rings. The van der Waals surface area contributed by atoms with Gasteiger partial charge in [-0.05, 0) is 30.0 Å². The van der Waals surface area contributed by atoms with E-state index in [0.29, 0.717) is 11.7 Å². The summed E-state index contributed by atoms with van der Waals surface area (Å²) in [6.45, 7) is 4.37. The van der Waals surface area contributed by atoms with Gasteiger partial charge in [-0.1, -0.05) is 41.9 Å². The van der Waals surface area contributed by atoms with Gasteiger partial charge >= 0.3 is 0 Å². The number of nitrogens with two attached hydrogens (primary N) is 1. The second-order valence-electron chi connectivity index (χ2n) is 4.57. The van der Waals surface area contributed by atoms with E-state index < -0.39 is 0 Å².